The van der Waals surface area contributed by atoms with E-state index < -0.39 is 10.8 Å². The standard InChI is InChI=1S/C24H18BrN3O5/c1-32-17-7-3-14(4-8-17)22-13-19(18-11-15(25)5-9-20(18)26-22)24(29)27-21-10-6-16(28(30)31)12-23(21)33-2/h3-13H,1-2H3,(H,27,29). The Morgan fingerprint density at radius 1 is 1.00 bits per heavy atom. The lowest BCUT2D eigenvalue weighted by molar-refractivity contribution is -0.384. The molecule has 3 aromatic carbocycles. The minimum Gasteiger partial charge on any atom is -0.497 e. The number of hydrogen-bond acceptors (Lipinski definition) is 6. The van der Waals surface area contributed by atoms with E-state index in [0.29, 0.717) is 33.6 Å². The van der Waals surface area contributed by atoms with Crippen LogP contribution in [0.2, 0.25) is 0 Å². The molecule has 1 heterocycles. The number of ether oxygens (including phenoxy) is 2. The maximum atomic E-state index is 13.3. The lowest BCUT2D eigenvalue weighted by Crippen LogP contribution is -2.14. The molecule has 0 aliphatic carbocycles. The summed E-state index contributed by atoms with van der Waals surface area (Å²) in [5, 5.41) is 14.5. The molecule has 4 aromatic rings. The fourth-order valence-corrected chi connectivity index (χ4v) is 3.74. The van der Waals surface area contributed by atoms with E-state index in [2.05, 4.69) is 21.2 Å². The zero-order valence-corrected chi connectivity index (χ0v) is 19.3. The fourth-order valence-electron chi connectivity index (χ4n) is 3.38. The molecule has 0 aliphatic heterocycles. The molecule has 8 nitrogen and oxygen atoms in total. The molecular formula is C24H18BrN3O5. The highest BCUT2D eigenvalue weighted by Crippen LogP contribution is 2.32. The van der Waals surface area contributed by atoms with E-state index in [-0.39, 0.29) is 11.4 Å². The number of nitrogens with zero attached hydrogens (tertiary/aromatic N) is 2. The molecule has 9 heteroatoms. The number of methoxy groups -OCH3 is 2. The number of halogens is 1. The average Bonchev–Trinajstić information content (AvgIpc) is 2.83. The van der Waals surface area contributed by atoms with E-state index in [0.717, 1.165) is 10.0 Å². The first-order chi connectivity index (χ1) is 15.9. The Labute approximate surface area is 197 Å². The van der Waals surface area contributed by atoms with Crippen LogP contribution in [0.4, 0.5) is 11.4 Å². The van der Waals surface area contributed by atoms with Crippen LogP contribution in [0.25, 0.3) is 22.2 Å². The van der Waals surface area contributed by atoms with Crippen LogP contribution < -0.4 is 14.8 Å². The van der Waals surface area contributed by atoms with Crippen LogP contribution in [0, 0.1) is 10.1 Å². The Bertz CT molecular complexity index is 1370. The number of non-ortho nitro benzene ring substituents is 1. The molecule has 166 valence electrons. The van der Waals surface area contributed by atoms with Gasteiger partial charge in [0.15, 0.2) is 0 Å². The molecule has 0 unspecified atom stereocenters. The monoisotopic (exact) mass is 507 g/mol. The van der Waals surface area contributed by atoms with E-state index in [1.54, 1.807) is 13.2 Å². The van der Waals surface area contributed by atoms with Gasteiger partial charge in [-0.2, -0.15) is 0 Å². The van der Waals surface area contributed by atoms with Gasteiger partial charge < -0.3 is 14.8 Å². The van der Waals surface area contributed by atoms with Crippen molar-refractivity contribution in [3.8, 4) is 22.8 Å². The first-order valence-electron chi connectivity index (χ1n) is 9.78. The lowest BCUT2D eigenvalue weighted by atomic mass is 10.0. The molecule has 0 atom stereocenters. The van der Waals surface area contributed by atoms with E-state index >= 15 is 0 Å². The topological polar surface area (TPSA) is 104 Å². The maximum absolute atomic E-state index is 13.3. The van der Waals surface area contributed by atoms with Gasteiger partial charge in [-0.15, -0.1) is 0 Å². The molecule has 1 aromatic heterocycles. The molecule has 0 saturated heterocycles. The third-order valence-corrected chi connectivity index (χ3v) is 5.54. The quantitative estimate of drug-likeness (QED) is 0.259. The highest BCUT2D eigenvalue weighted by molar-refractivity contribution is 9.10. The molecule has 33 heavy (non-hydrogen) atoms. The first-order valence-corrected chi connectivity index (χ1v) is 10.6. The number of benzene rings is 3. The first kappa shape index (κ1) is 22.2. The van der Waals surface area contributed by atoms with Crippen LogP contribution in [0.3, 0.4) is 0 Å². The Morgan fingerprint density at radius 2 is 1.76 bits per heavy atom. The molecule has 0 spiro atoms. The van der Waals surface area contributed by atoms with Gasteiger partial charge in [-0.3, -0.25) is 14.9 Å². The smallest absolute Gasteiger partial charge is 0.273 e. The Morgan fingerprint density at radius 3 is 2.42 bits per heavy atom. The van der Waals surface area contributed by atoms with Crippen LogP contribution in [0.5, 0.6) is 11.5 Å². The lowest BCUT2D eigenvalue weighted by Gasteiger charge is -2.13. The van der Waals surface area contributed by atoms with Gasteiger partial charge in [0.1, 0.15) is 11.5 Å². The molecule has 0 aliphatic rings. The molecule has 1 amide bonds. The number of nitro groups is 1. The number of anilines is 1. The predicted molar refractivity (Wildman–Crippen MR) is 129 cm³/mol. The summed E-state index contributed by atoms with van der Waals surface area (Å²) in [5.41, 5.74) is 2.67. The Hall–Kier alpha value is -3.98. The van der Waals surface area contributed by atoms with Gasteiger partial charge >= 0.3 is 0 Å². The minimum atomic E-state index is -0.525. The second kappa shape index (κ2) is 9.25. The van der Waals surface area contributed by atoms with Crippen LogP contribution in [-0.2, 0) is 0 Å². The second-order valence-corrected chi connectivity index (χ2v) is 7.96. The molecule has 0 saturated carbocycles. The summed E-state index contributed by atoms with van der Waals surface area (Å²) in [4.78, 5) is 28.6. The normalized spacial score (nSPS) is 10.6. The van der Waals surface area contributed by atoms with Gasteiger partial charge in [0.25, 0.3) is 11.6 Å². The largest absolute Gasteiger partial charge is 0.497 e. The zero-order valence-electron chi connectivity index (χ0n) is 17.7. The number of fused-ring (bicyclic) bond motifs is 1. The van der Waals surface area contributed by atoms with Crippen molar-refractivity contribution in [2.24, 2.45) is 0 Å². The Kier molecular flexibility index (Phi) is 6.23. The van der Waals surface area contributed by atoms with Crippen LogP contribution in [0.15, 0.2) is 71.2 Å². The number of carbonyl (C=O) groups is 1. The van der Waals surface area contributed by atoms with Crippen molar-refractivity contribution in [1.82, 2.24) is 4.98 Å². The summed E-state index contributed by atoms with van der Waals surface area (Å²) in [5.74, 6) is 0.501. The van der Waals surface area contributed by atoms with E-state index in [1.807, 2.05) is 42.5 Å². The molecule has 4 rings (SSSR count). The van der Waals surface area contributed by atoms with E-state index in [4.69, 9.17) is 14.5 Å². The van der Waals surface area contributed by atoms with Crippen molar-refractivity contribution in [1.29, 1.82) is 0 Å². The number of rotatable bonds is 6. The van der Waals surface area contributed by atoms with Gasteiger partial charge in [0.05, 0.1) is 47.7 Å². The molecule has 0 fully saturated rings. The maximum Gasteiger partial charge on any atom is 0.273 e. The fraction of sp³-hybridized carbons (Fsp3) is 0.0833. The van der Waals surface area contributed by atoms with Crippen LogP contribution >= 0.6 is 15.9 Å². The molecule has 0 radical (unpaired) electrons. The van der Waals surface area contributed by atoms with Crippen molar-refractivity contribution in [3.05, 3.63) is 86.9 Å². The summed E-state index contributed by atoms with van der Waals surface area (Å²) in [6, 6.07) is 18.6. The van der Waals surface area contributed by atoms with Crippen LogP contribution in [-0.4, -0.2) is 30.0 Å². The summed E-state index contributed by atoms with van der Waals surface area (Å²) >= 11 is 3.45. The van der Waals surface area contributed by atoms with Crippen molar-refractivity contribution in [2.75, 3.05) is 19.5 Å². The number of amides is 1. The van der Waals surface area contributed by atoms with Gasteiger partial charge in [-0.1, -0.05) is 15.9 Å². The Balaban J connectivity index is 1.79. The average molecular weight is 508 g/mol. The van der Waals surface area contributed by atoms with E-state index in [9.17, 15) is 14.9 Å². The van der Waals surface area contributed by atoms with Crippen molar-refractivity contribution < 1.29 is 19.2 Å². The van der Waals surface area contributed by atoms with Crippen molar-refractivity contribution in [3.63, 3.8) is 0 Å². The SMILES string of the molecule is COc1ccc(-c2cc(C(=O)Nc3ccc([N+](=O)[O-])cc3OC)c3cc(Br)ccc3n2)cc1. The second-order valence-electron chi connectivity index (χ2n) is 7.04. The van der Waals surface area contributed by atoms with Gasteiger partial charge in [0, 0.05) is 21.5 Å². The summed E-state index contributed by atoms with van der Waals surface area (Å²) in [6.45, 7) is 0. The number of carbonyl (C=O) groups excluding carboxylic acids is 1. The predicted octanol–water partition coefficient (Wildman–Crippen LogP) is 5.84. The number of aromatic nitrogens is 1. The van der Waals surface area contributed by atoms with Gasteiger partial charge in [-0.25, -0.2) is 4.98 Å². The highest BCUT2D eigenvalue weighted by Gasteiger charge is 2.18. The van der Waals surface area contributed by atoms with Gasteiger partial charge in [-0.05, 0) is 54.6 Å². The molecule has 1 N–H and O–H groups in total. The highest BCUT2D eigenvalue weighted by atomic mass is 79.9. The summed E-state index contributed by atoms with van der Waals surface area (Å²) in [6.07, 6.45) is 0. The number of pyridine rings is 1. The summed E-state index contributed by atoms with van der Waals surface area (Å²) in [7, 11) is 2.98. The zero-order chi connectivity index (χ0) is 23.5. The van der Waals surface area contributed by atoms with Crippen molar-refractivity contribution >= 4 is 44.1 Å². The molecular weight excluding hydrogens is 490 g/mol. The third kappa shape index (κ3) is 4.63. The van der Waals surface area contributed by atoms with Crippen molar-refractivity contribution in [2.45, 2.75) is 0 Å². The third-order valence-electron chi connectivity index (χ3n) is 5.05. The molecule has 0 bridgehead atoms. The number of hydrogen-bond donors (Lipinski definition) is 1. The minimum absolute atomic E-state index is 0.134. The van der Waals surface area contributed by atoms with Gasteiger partial charge in [0.2, 0.25) is 0 Å². The number of nitro benzene ring substituents is 1. The summed E-state index contributed by atoms with van der Waals surface area (Å²) < 4.78 is 11.3. The van der Waals surface area contributed by atoms with E-state index in [1.165, 1.54) is 25.3 Å². The van der Waals surface area contributed by atoms with Crippen LogP contribution in [0.1, 0.15) is 10.4 Å². The number of nitrogens with one attached hydrogen (secondary N) is 1.